The lowest BCUT2D eigenvalue weighted by Gasteiger charge is -2.25. The van der Waals surface area contributed by atoms with Crippen LogP contribution in [0.15, 0.2) is 0 Å². The molecule has 5 nitrogen and oxygen atoms in total. The van der Waals surface area contributed by atoms with Gasteiger partial charge < -0.3 is 15.3 Å². The van der Waals surface area contributed by atoms with Gasteiger partial charge >= 0.3 is 12.0 Å². The summed E-state index contributed by atoms with van der Waals surface area (Å²) in [6.45, 7) is 0.894. The van der Waals surface area contributed by atoms with Crippen molar-refractivity contribution in [3.05, 3.63) is 0 Å². The van der Waals surface area contributed by atoms with Crippen LogP contribution in [-0.2, 0) is 4.79 Å². The van der Waals surface area contributed by atoms with Crippen molar-refractivity contribution in [2.24, 2.45) is 11.8 Å². The van der Waals surface area contributed by atoms with E-state index in [1.165, 1.54) is 12.8 Å². The first kappa shape index (κ1) is 12.8. The van der Waals surface area contributed by atoms with Gasteiger partial charge in [-0.15, -0.1) is 0 Å². The molecule has 5 heteroatoms. The second kappa shape index (κ2) is 5.02. The van der Waals surface area contributed by atoms with Crippen molar-refractivity contribution in [1.29, 1.82) is 0 Å². The molecular formula is C14H22N2O3. The molecule has 0 aromatic heterocycles. The predicted octanol–water partition coefficient (Wildman–Crippen LogP) is 1.82. The lowest BCUT2D eigenvalue weighted by molar-refractivity contribution is -0.141. The number of nitrogens with one attached hydrogen (secondary N) is 1. The summed E-state index contributed by atoms with van der Waals surface area (Å²) < 4.78 is 0. The molecule has 2 unspecified atom stereocenters. The summed E-state index contributed by atoms with van der Waals surface area (Å²) in [5.41, 5.74) is 0. The van der Waals surface area contributed by atoms with Gasteiger partial charge in [0, 0.05) is 18.6 Å². The molecule has 0 saturated heterocycles. The number of hydrogen-bond acceptors (Lipinski definition) is 2. The fraction of sp³-hybridized carbons (Fsp3) is 0.857. The van der Waals surface area contributed by atoms with Gasteiger partial charge in [0.15, 0.2) is 0 Å². The number of carbonyl (C=O) groups is 2. The average molecular weight is 266 g/mol. The van der Waals surface area contributed by atoms with E-state index in [1.54, 1.807) is 0 Å². The zero-order chi connectivity index (χ0) is 13.4. The minimum absolute atomic E-state index is 0.0328. The Kier molecular flexibility index (Phi) is 3.37. The molecule has 0 radical (unpaired) electrons. The number of carbonyl (C=O) groups excluding carboxylic acids is 1. The van der Waals surface area contributed by atoms with E-state index in [-0.39, 0.29) is 18.0 Å². The topological polar surface area (TPSA) is 69.6 Å². The SMILES string of the molecule is O=C(O)C1CCC(NC(=O)N(CC2CC2)C2CC2)C1. The summed E-state index contributed by atoms with van der Waals surface area (Å²) in [6.07, 6.45) is 6.83. The third-order valence-electron chi connectivity index (χ3n) is 4.51. The second-order valence-corrected chi connectivity index (χ2v) is 6.32. The van der Waals surface area contributed by atoms with Gasteiger partial charge in [-0.25, -0.2) is 4.79 Å². The smallest absolute Gasteiger partial charge is 0.317 e. The Morgan fingerprint density at radius 2 is 1.84 bits per heavy atom. The third-order valence-corrected chi connectivity index (χ3v) is 4.51. The quantitative estimate of drug-likeness (QED) is 0.797. The second-order valence-electron chi connectivity index (χ2n) is 6.32. The van der Waals surface area contributed by atoms with Crippen LogP contribution in [0.1, 0.15) is 44.9 Å². The number of nitrogens with zero attached hydrogens (tertiary/aromatic N) is 1. The molecule has 3 fully saturated rings. The van der Waals surface area contributed by atoms with Crippen molar-refractivity contribution in [1.82, 2.24) is 10.2 Å². The van der Waals surface area contributed by atoms with Gasteiger partial charge in [0.05, 0.1) is 5.92 Å². The van der Waals surface area contributed by atoms with Gasteiger partial charge in [0.25, 0.3) is 0 Å². The molecule has 2 amide bonds. The van der Waals surface area contributed by atoms with Crippen molar-refractivity contribution in [2.75, 3.05) is 6.54 Å². The number of carboxylic acid groups (broad SMARTS) is 1. The van der Waals surface area contributed by atoms with Crippen LogP contribution in [0.4, 0.5) is 4.79 Å². The van der Waals surface area contributed by atoms with Crippen LogP contribution in [0.25, 0.3) is 0 Å². The molecule has 0 aromatic rings. The van der Waals surface area contributed by atoms with Crippen molar-refractivity contribution < 1.29 is 14.7 Å². The molecule has 2 N–H and O–H groups in total. The highest BCUT2D eigenvalue weighted by atomic mass is 16.4. The molecule has 0 aliphatic heterocycles. The molecule has 106 valence electrons. The standard InChI is InChI=1S/C14H22N2O3/c17-13(18)10-3-4-11(7-10)15-14(19)16(12-5-6-12)8-9-1-2-9/h9-12H,1-8H2,(H,15,19)(H,17,18). The molecule has 0 aromatic carbocycles. The molecule has 3 aliphatic rings. The Balaban J connectivity index is 1.50. The molecule has 0 spiro atoms. The lowest BCUT2D eigenvalue weighted by Crippen LogP contribution is -2.46. The van der Waals surface area contributed by atoms with Gasteiger partial charge in [0.2, 0.25) is 0 Å². The maximum Gasteiger partial charge on any atom is 0.317 e. The van der Waals surface area contributed by atoms with Crippen molar-refractivity contribution in [3.63, 3.8) is 0 Å². The number of aliphatic carboxylic acids is 1. The maximum atomic E-state index is 12.3. The summed E-state index contributed by atoms with van der Waals surface area (Å²) in [5.74, 6) is -0.293. The number of hydrogen-bond donors (Lipinski definition) is 2. The first-order valence-corrected chi connectivity index (χ1v) is 7.43. The first-order valence-electron chi connectivity index (χ1n) is 7.43. The van der Waals surface area contributed by atoms with E-state index in [0.717, 1.165) is 25.8 Å². The van der Waals surface area contributed by atoms with E-state index in [4.69, 9.17) is 5.11 Å². The summed E-state index contributed by atoms with van der Waals surface area (Å²) >= 11 is 0. The minimum Gasteiger partial charge on any atom is -0.481 e. The van der Waals surface area contributed by atoms with Gasteiger partial charge in [-0.2, -0.15) is 0 Å². The van der Waals surface area contributed by atoms with Crippen LogP contribution in [0.2, 0.25) is 0 Å². The molecule has 0 heterocycles. The predicted molar refractivity (Wildman–Crippen MR) is 69.7 cm³/mol. The molecule has 3 rings (SSSR count). The van der Waals surface area contributed by atoms with E-state index in [9.17, 15) is 9.59 Å². The molecule has 19 heavy (non-hydrogen) atoms. The average Bonchev–Trinajstić information content (AvgIpc) is 3.26. The van der Waals surface area contributed by atoms with Crippen molar-refractivity contribution in [2.45, 2.75) is 57.0 Å². The summed E-state index contributed by atoms with van der Waals surface area (Å²) in [6, 6.07) is 0.525. The Labute approximate surface area is 113 Å². The Hall–Kier alpha value is -1.26. The normalized spacial score (nSPS) is 30.1. The third kappa shape index (κ3) is 3.19. The zero-order valence-corrected chi connectivity index (χ0v) is 11.2. The first-order chi connectivity index (χ1) is 9.13. The van der Waals surface area contributed by atoms with Crippen molar-refractivity contribution in [3.8, 4) is 0 Å². The summed E-state index contributed by atoms with van der Waals surface area (Å²) in [7, 11) is 0. The van der Waals surface area contributed by atoms with Crippen molar-refractivity contribution >= 4 is 12.0 Å². The van der Waals surface area contributed by atoms with Crippen LogP contribution >= 0.6 is 0 Å². The van der Waals surface area contributed by atoms with E-state index < -0.39 is 5.97 Å². The fourth-order valence-electron chi connectivity index (χ4n) is 2.96. The Morgan fingerprint density at radius 3 is 2.37 bits per heavy atom. The molecule has 2 atom stereocenters. The van der Waals surface area contributed by atoms with Crippen LogP contribution in [0.5, 0.6) is 0 Å². The zero-order valence-electron chi connectivity index (χ0n) is 11.2. The Bertz CT molecular complexity index is 377. The van der Waals surface area contributed by atoms with Gasteiger partial charge in [0.1, 0.15) is 0 Å². The number of amides is 2. The van der Waals surface area contributed by atoms with Crippen LogP contribution in [-0.4, -0.2) is 40.6 Å². The molecular weight excluding hydrogens is 244 g/mol. The number of urea groups is 1. The van der Waals surface area contributed by atoms with E-state index in [1.807, 2.05) is 4.90 Å². The van der Waals surface area contributed by atoms with Gasteiger partial charge in [-0.1, -0.05) is 0 Å². The monoisotopic (exact) mass is 266 g/mol. The molecule has 0 bridgehead atoms. The van der Waals surface area contributed by atoms with Crippen LogP contribution < -0.4 is 5.32 Å². The van der Waals surface area contributed by atoms with E-state index >= 15 is 0 Å². The summed E-state index contributed by atoms with van der Waals surface area (Å²) in [5, 5.41) is 12.0. The number of rotatable bonds is 5. The highest BCUT2D eigenvalue weighted by Gasteiger charge is 2.38. The minimum atomic E-state index is -0.728. The van der Waals surface area contributed by atoms with Crippen LogP contribution in [0.3, 0.4) is 0 Å². The lowest BCUT2D eigenvalue weighted by atomic mass is 10.1. The molecule has 3 saturated carbocycles. The van der Waals surface area contributed by atoms with Crippen LogP contribution in [0, 0.1) is 11.8 Å². The van der Waals surface area contributed by atoms with Gasteiger partial charge in [-0.05, 0) is 50.9 Å². The number of carboxylic acids is 1. The van der Waals surface area contributed by atoms with Gasteiger partial charge in [-0.3, -0.25) is 4.79 Å². The highest BCUT2D eigenvalue weighted by molar-refractivity contribution is 5.76. The highest BCUT2D eigenvalue weighted by Crippen LogP contribution is 2.35. The maximum absolute atomic E-state index is 12.3. The molecule has 3 aliphatic carbocycles. The van der Waals surface area contributed by atoms with E-state index in [2.05, 4.69) is 5.32 Å². The largest absolute Gasteiger partial charge is 0.481 e. The Morgan fingerprint density at radius 1 is 1.11 bits per heavy atom. The fourth-order valence-corrected chi connectivity index (χ4v) is 2.96. The summed E-state index contributed by atoms with van der Waals surface area (Å²) in [4.78, 5) is 25.2. The van der Waals surface area contributed by atoms with E-state index in [0.29, 0.717) is 24.8 Å².